The lowest BCUT2D eigenvalue weighted by molar-refractivity contribution is -0.384. The van der Waals surface area contributed by atoms with Gasteiger partial charge in [0.2, 0.25) is 0 Å². The van der Waals surface area contributed by atoms with Crippen LogP contribution < -0.4 is 4.90 Å². The summed E-state index contributed by atoms with van der Waals surface area (Å²) >= 11 is 5.71. The Morgan fingerprint density at radius 1 is 1.53 bits per heavy atom. The zero-order chi connectivity index (χ0) is 14.0. The van der Waals surface area contributed by atoms with Crippen LogP contribution in [0.1, 0.15) is 19.3 Å². The second-order valence-corrected chi connectivity index (χ2v) is 4.94. The van der Waals surface area contributed by atoms with Gasteiger partial charge in [0.25, 0.3) is 5.69 Å². The van der Waals surface area contributed by atoms with Crippen LogP contribution in [-0.2, 0) is 0 Å². The number of piperidine rings is 1. The minimum Gasteiger partial charge on any atom is -0.394 e. The van der Waals surface area contributed by atoms with E-state index in [2.05, 4.69) is 0 Å². The smallest absolute Gasteiger partial charge is 0.295 e. The highest BCUT2D eigenvalue weighted by Crippen LogP contribution is 2.36. The fourth-order valence-electron chi connectivity index (χ4n) is 2.41. The van der Waals surface area contributed by atoms with Crippen molar-refractivity contribution in [2.75, 3.05) is 18.1 Å². The maximum atomic E-state index is 13.4. The Morgan fingerprint density at radius 2 is 2.26 bits per heavy atom. The molecule has 5 nitrogen and oxygen atoms in total. The van der Waals surface area contributed by atoms with Crippen molar-refractivity contribution < 1.29 is 14.4 Å². The van der Waals surface area contributed by atoms with Crippen molar-refractivity contribution in [2.24, 2.45) is 0 Å². The number of nitro benzene ring substituents is 1. The predicted octanol–water partition coefficient (Wildman–Crippen LogP) is 2.74. The molecule has 0 aliphatic carbocycles. The van der Waals surface area contributed by atoms with E-state index < -0.39 is 10.7 Å². The Labute approximate surface area is 114 Å². The van der Waals surface area contributed by atoms with E-state index in [-0.39, 0.29) is 29.0 Å². The number of rotatable bonds is 3. The fourth-order valence-corrected chi connectivity index (χ4v) is 2.57. The van der Waals surface area contributed by atoms with Gasteiger partial charge in [0.05, 0.1) is 28.7 Å². The second kappa shape index (κ2) is 5.71. The lowest BCUT2D eigenvalue weighted by atomic mass is 10.0. The first kappa shape index (κ1) is 14.0. The summed E-state index contributed by atoms with van der Waals surface area (Å²) in [4.78, 5) is 12.1. The molecule has 1 aromatic rings. The van der Waals surface area contributed by atoms with Gasteiger partial charge in [-0.3, -0.25) is 10.1 Å². The number of benzene rings is 1. The first-order chi connectivity index (χ1) is 9.04. The van der Waals surface area contributed by atoms with E-state index >= 15 is 0 Å². The number of aliphatic hydroxyl groups is 1. The van der Waals surface area contributed by atoms with Crippen molar-refractivity contribution in [3.63, 3.8) is 0 Å². The van der Waals surface area contributed by atoms with Gasteiger partial charge in [0, 0.05) is 6.54 Å². The van der Waals surface area contributed by atoms with Crippen LogP contribution in [0.15, 0.2) is 12.1 Å². The molecular weight excluding hydrogens is 275 g/mol. The number of halogens is 2. The van der Waals surface area contributed by atoms with E-state index in [9.17, 15) is 19.6 Å². The quantitative estimate of drug-likeness (QED) is 0.686. The molecule has 2 rings (SSSR count). The van der Waals surface area contributed by atoms with Gasteiger partial charge in [-0.05, 0) is 25.3 Å². The molecule has 19 heavy (non-hydrogen) atoms. The van der Waals surface area contributed by atoms with Crippen LogP contribution in [0.2, 0.25) is 5.02 Å². The average Bonchev–Trinajstić information content (AvgIpc) is 2.41. The molecule has 1 atom stereocenters. The first-order valence-electron chi connectivity index (χ1n) is 6.05. The summed E-state index contributed by atoms with van der Waals surface area (Å²) < 4.78 is 13.4. The summed E-state index contributed by atoms with van der Waals surface area (Å²) in [6, 6.07) is 1.91. The zero-order valence-electron chi connectivity index (χ0n) is 10.2. The maximum absolute atomic E-state index is 13.4. The molecule has 0 saturated carbocycles. The van der Waals surface area contributed by atoms with E-state index in [1.807, 2.05) is 0 Å². The summed E-state index contributed by atoms with van der Waals surface area (Å²) in [5.41, 5.74) is -0.0441. The molecule has 1 fully saturated rings. The molecule has 1 heterocycles. The molecule has 1 aliphatic heterocycles. The zero-order valence-corrected chi connectivity index (χ0v) is 10.9. The van der Waals surface area contributed by atoms with Crippen LogP contribution in [0, 0.1) is 15.9 Å². The molecule has 7 heteroatoms. The van der Waals surface area contributed by atoms with Gasteiger partial charge in [-0.1, -0.05) is 11.6 Å². The fraction of sp³-hybridized carbons (Fsp3) is 0.500. The number of anilines is 1. The van der Waals surface area contributed by atoms with Gasteiger partial charge in [0.1, 0.15) is 11.5 Å². The molecule has 1 saturated heterocycles. The van der Waals surface area contributed by atoms with Gasteiger partial charge < -0.3 is 10.0 Å². The molecule has 1 unspecified atom stereocenters. The first-order valence-corrected chi connectivity index (χ1v) is 6.43. The predicted molar refractivity (Wildman–Crippen MR) is 70.1 cm³/mol. The Bertz CT molecular complexity index is 498. The molecule has 0 amide bonds. The third kappa shape index (κ3) is 2.79. The summed E-state index contributed by atoms with van der Waals surface area (Å²) in [7, 11) is 0. The Kier molecular flexibility index (Phi) is 4.21. The van der Waals surface area contributed by atoms with E-state index in [1.165, 1.54) is 6.07 Å². The second-order valence-electron chi connectivity index (χ2n) is 4.54. The van der Waals surface area contributed by atoms with Crippen molar-refractivity contribution in [3.05, 3.63) is 33.1 Å². The van der Waals surface area contributed by atoms with Crippen molar-refractivity contribution in [1.82, 2.24) is 0 Å². The van der Waals surface area contributed by atoms with Crippen LogP contribution in [0.25, 0.3) is 0 Å². The lowest BCUT2D eigenvalue weighted by Gasteiger charge is -2.36. The average molecular weight is 289 g/mol. The maximum Gasteiger partial charge on any atom is 0.295 e. The van der Waals surface area contributed by atoms with Gasteiger partial charge in [-0.15, -0.1) is 0 Å². The standard InChI is InChI=1S/C12H14ClFN2O3/c13-9-5-11(12(16(18)19)6-10(9)14)15-4-2-1-3-8(15)7-17/h5-6,8,17H,1-4,7H2. The molecular formula is C12H14ClFN2O3. The van der Waals surface area contributed by atoms with Gasteiger partial charge in [-0.25, -0.2) is 4.39 Å². The van der Waals surface area contributed by atoms with E-state index in [0.717, 1.165) is 25.3 Å². The molecule has 1 aromatic carbocycles. The third-order valence-corrected chi connectivity index (χ3v) is 3.65. The van der Waals surface area contributed by atoms with Crippen LogP contribution >= 0.6 is 11.6 Å². The molecule has 0 bridgehead atoms. The molecule has 1 aliphatic rings. The lowest BCUT2D eigenvalue weighted by Crippen LogP contribution is -2.42. The highest BCUT2D eigenvalue weighted by Gasteiger charge is 2.29. The minimum absolute atomic E-state index is 0.0911. The summed E-state index contributed by atoms with van der Waals surface area (Å²) in [5, 5.41) is 20.2. The SMILES string of the molecule is O=[N+]([O-])c1cc(F)c(Cl)cc1N1CCCCC1CO. The minimum atomic E-state index is -0.810. The van der Waals surface area contributed by atoms with Crippen molar-refractivity contribution in [1.29, 1.82) is 0 Å². The number of hydrogen-bond donors (Lipinski definition) is 1. The van der Waals surface area contributed by atoms with Crippen molar-refractivity contribution >= 4 is 23.0 Å². The van der Waals surface area contributed by atoms with E-state index in [1.54, 1.807) is 4.90 Å². The van der Waals surface area contributed by atoms with E-state index in [0.29, 0.717) is 6.54 Å². The Hall–Kier alpha value is -1.40. The number of hydrogen-bond acceptors (Lipinski definition) is 4. The van der Waals surface area contributed by atoms with Crippen LogP contribution in [0.3, 0.4) is 0 Å². The normalized spacial score (nSPS) is 19.5. The van der Waals surface area contributed by atoms with Crippen molar-refractivity contribution in [2.45, 2.75) is 25.3 Å². The van der Waals surface area contributed by atoms with Gasteiger partial charge in [0.15, 0.2) is 0 Å². The largest absolute Gasteiger partial charge is 0.394 e. The third-order valence-electron chi connectivity index (χ3n) is 3.36. The summed E-state index contributed by atoms with van der Waals surface area (Å²) in [5.74, 6) is -0.810. The molecule has 0 radical (unpaired) electrons. The Balaban J connectivity index is 2.47. The van der Waals surface area contributed by atoms with E-state index in [4.69, 9.17) is 11.6 Å². The highest BCUT2D eigenvalue weighted by atomic mass is 35.5. The highest BCUT2D eigenvalue weighted by molar-refractivity contribution is 6.31. The van der Waals surface area contributed by atoms with Crippen LogP contribution in [0.5, 0.6) is 0 Å². The number of nitrogens with zero attached hydrogens (tertiary/aromatic N) is 2. The topological polar surface area (TPSA) is 66.6 Å². The molecule has 1 N–H and O–H groups in total. The van der Waals surface area contributed by atoms with Gasteiger partial charge >= 0.3 is 0 Å². The number of nitro groups is 1. The molecule has 0 aromatic heterocycles. The summed E-state index contributed by atoms with van der Waals surface area (Å²) in [6.45, 7) is 0.500. The van der Waals surface area contributed by atoms with Crippen LogP contribution in [-0.4, -0.2) is 29.2 Å². The monoisotopic (exact) mass is 288 g/mol. The van der Waals surface area contributed by atoms with Crippen LogP contribution in [0.4, 0.5) is 15.8 Å². The number of aliphatic hydroxyl groups excluding tert-OH is 1. The Morgan fingerprint density at radius 3 is 2.89 bits per heavy atom. The summed E-state index contributed by atoms with van der Waals surface area (Å²) in [6.07, 6.45) is 2.59. The van der Waals surface area contributed by atoms with Crippen molar-refractivity contribution in [3.8, 4) is 0 Å². The van der Waals surface area contributed by atoms with Gasteiger partial charge in [-0.2, -0.15) is 0 Å². The molecule has 104 valence electrons. The molecule has 0 spiro atoms.